The fourth-order valence-electron chi connectivity index (χ4n) is 0. The van der Waals surface area contributed by atoms with Crippen LogP contribution in [0.5, 0.6) is 0 Å². The van der Waals surface area contributed by atoms with E-state index in [9.17, 15) is 0 Å². The van der Waals surface area contributed by atoms with Crippen molar-refractivity contribution in [2.45, 2.75) is 0 Å². The van der Waals surface area contributed by atoms with E-state index in [1.165, 1.54) is 0 Å². The van der Waals surface area contributed by atoms with E-state index in [4.69, 9.17) is 0 Å². The van der Waals surface area contributed by atoms with Gasteiger partial charge in [-0.25, -0.2) is 0 Å². The predicted molar refractivity (Wildman–Crippen MR) is 36.0 cm³/mol. The van der Waals surface area contributed by atoms with Gasteiger partial charge in [0, 0.05) is 29.8 Å². The third-order valence-electron chi connectivity index (χ3n) is 0. The standard InChI is InChI=1S/Li.H3P.S.Si.Sn/h;1H3;;;. The summed E-state index contributed by atoms with van der Waals surface area (Å²) >= 11 is 1.13. The maximum atomic E-state index is 4.17. The number of rotatable bonds is 0. The van der Waals surface area contributed by atoms with E-state index in [2.05, 4.69) is 9.29 Å². The van der Waals surface area contributed by atoms with Crippen LogP contribution in [0, 0.1) is 0 Å². The van der Waals surface area contributed by atoms with E-state index in [1.807, 2.05) is 0 Å². The Balaban J connectivity index is -0.00000000167. The van der Waals surface area contributed by atoms with Crippen LogP contribution in [-0.2, 0) is 0 Å². The summed E-state index contributed by atoms with van der Waals surface area (Å²) < 4.78 is 0. The molecule has 7 radical (unpaired) electrons. The fraction of sp³-hybridized carbons (Fsp3) is 0. The molecule has 0 N–H and O–H groups in total. The van der Waals surface area contributed by atoms with Gasteiger partial charge in [-0.05, 0) is 0 Å². The summed E-state index contributed by atoms with van der Waals surface area (Å²) in [6.45, 7) is 0. The molecular formula is H3LiPSSiSn. The van der Waals surface area contributed by atoms with Gasteiger partial charge in [-0.2, -0.15) is 9.90 Å². The molecule has 0 aromatic carbocycles. The van der Waals surface area contributed by atoms with Crippen molar-refractivity contribution in [1.29, 1.82) is 0 Å². The molecule has 0 spiro atoms. The van der Waals surface area contributed by atoms with Crippen LogP contribution in [0.15, 0.2) is 0 Å². The van der Waals surface area contributed by atoms with Crippen molar-refractivity contribution in [3.8, 4) is 0 Å². The second-order valence-electron chi connectivity index (χ2n) is 0. The monoisotopic (exact) mass is 221 g/mol. The topological polar surface area (TPSA) is 0 Å². The Labute approximate surface area is 68.9 Å². The molecule has 0 bridgehead atoms. The molecule has 0 rings (SSSR count). The molecule has 0 aromatic rings. The van der Waals surface area contributed by atoms with E-state index < -0.39 is 0 Å². The van der Waals surface area contributed by atoms with E-state index in [-0.39, 0.29) is 39.7 Å². The van der Waals surface area contributed by atoms with Crippen molar-refractivity contribution in [3.63, 3.8) is 0 Å². The van der Waals surface area contributed by atoms with Gasteiger partial charge in [-0.3, -0.25) is 0 Å². The van der Waals surface area contributed by atoms with Gasteiger partial charge in [0.15, 0.2) is 0 Å². The Hall–Kier alpha value is 2.26. The second kappa shape index (κ2) is 33.9. The maximum Gasteiger partial charge on any atom is 0 e. The van der Waals surface area contributed by atoms with Crippen LogP contribution in [0.4, 0.5) is 0 Å². The van der Waals surface area contributed by atoms with Crippen molar-refractivity contribution in [2.24, 2.45) is 0 Å². The summed E-state index contributed by atoms with van der Waals surface area (Å²) in [5.41, 5.74) is 0. The summed E-state index contributed by atoms with van der Waals surface area (Å²) in [7, 11) is 4.17. The molecule has 0 amide bonds. The van der Waals surface area contributed by atoms with Crippen LogP contribution < -0.4 is 0 Å². The molecule has 0 nitrogen and oxygen atoms in total. The minimum atomic E-state index is 0. The van der Waals surface area contributed by atoms with Crippen molar-refractivity contribution in [1.82, 2.24) is 0 Å². The quantitative estimate of drug-likeness (QED) is 0.394. The largest absolute Gasteiger partial charge is 0 e. The molecular weight excluding hydrogens is 217 g/mol. The predicted octanol–water partition coefficient (Wildman–Crippen LogP) is -0.436. The van der Waals surface area contributed by atoms with Crippen LogP contribution in [0.1, 0.15) is 0 Å². The molecule has 0 aliphatic rings. The van der Waals surface area contributed by atoms with Crippen molar-refractivity contribution >= 4 is 69.6 Å². The summed E-state index contributed by atoms with van der Waals surface area (Å²) in [6.07, 6.45) is 0. The zero-order valence-corrected chi connectivity index (χ0v) is 9.20. The SMILES string of the molecule is P.[Li].[S]=[Sn].[Si]. The average molecular weight is 220 g/mol. The van der Waals surface area contributed by atoms with Crippen molar-refractivity contribution in [3.05, 3.63) is 0 Å². The van der Waals surface area contributed by atoms with Gasteiger partial charge < -0.3 is 0 Å². The van der Waals surface area contributed by atoms with Crippen molar-refractivity contribution in [2.75, 3.05) is 0 Å². The second-order valence-corrected chi connectivity index (χ2v) is 0. The fourth-order valence-corrected chi connectivity index (χ4v) is 0. The minimum absolute atomic E-state index is 0. The average Bonchev–Trinajstić information content (AvgIpc) is 1.00. The molecule has 0 fully saturated rings. The van der Waals surface area contributed by atoms with Gasteiger partial charge in [0.2, 0.25) is 0 Å². The van der Waals surface area contributed by atoms with Gasteiger partial charge in [0.1, 0.15) is 0 Å². The maximum absolute atomic E-state index is 4.17. The Kier molecular flexibility index (Phi) is 181. The van der Waals surface area contributed by atoms with Gasteiger partial charge in [-0.1, -0.05) is 0 Å². The molecule has 0 saturated heterocycles. The van der Waals surface area contributed by atoms with E-state index >= 15 is 0 Å². The molecule has 0 heterocycles. The Morgan fingerprint density at radius 3 is 1.20 bits per heavy atom. The Morgan fingerprint density at radius 1 is 1.20 bits per heavy atom. The van der Waals surface area contributed by atoms with E-state index in [0.29, 0.717) is 0 Å². The molecule has 1 unspecified atom stereocenters. The molecule has 0 aromatic heterocycles. The minimum Gasteiger partial charge on any atom is 0 e. The summed E-state index contributed by atoms with van der Waals surface area (Å²) in [6, 6.07) is 0. The van der Waals surface area contributed by atoms with E-state index in [1.54, 1.807) is 0 Å². The van der Waals surface area contributed by atoms with Crippen LogP contribution in [0.2, 0.25) is 0 Å². The van der Waals surface area contributed by atoms with Crippen LogP contribution in [0.3, 0.4) is 0 Å². The van der Waals surface area contributed by atoms with Crippen molar-refractivity contribution < 1.29 is 0 Å². The molecule has 5 heteroatoms. The molecule has 0 saturated carbocycles. The Morgan fingerprint density at radius 2 is 1.20 bits per heavy atom. The zero-order chi connectivity index (χ0) is 2.00. The van der Waals surface area contributed by atoms with Gasteiger partial charge >= 0.3 is 29.9 Å². The molecule has 1 atom stereocenters. The summed E-state index contributed by atoms with van der Waals surface area (Å²) in [5, 5.41) is 0. The molecule has 23 valence electrons. The van der Waals surface area contributed by atoms with Gasteiger partial charge in [0.05, 0.1) is 0 Å². The zero-order valence-electron chi connectivity index (χ0n) is 3.12. The third kappa shape index (κ3) is 22.2. The molecule has 0 aliphatic carbocycles. The summed E-state index contributed by atoms with van der Waals surface area (Å²) in [4.78, 5) is 0. The number of hydrogen-bond donors (Lipinski definition) is 0. The van der Waals surface area contributed by atoms with Crippen LogP contribution >= 0.6 is 19.2 Å². The Bertz CT molecular complexity index is 11.6. The van der Waals surface area contributed by atoms with Gasteiger partial charge in [-0.15, -0.1) is 0 Å². The van der Waals surface area contributed by atoms with Gasteiger partial charge in [0.25, 0.3) is 0 Å². The van der Waals surface area contributed by atoms with Crippen LogP contribution in [0.25, 0.3) is 0 Å². The first-order valence-corrected chi connectivity index (χ1v) is 4.11. The first-order valence-electron chi connectivity index (χ1n) is 0.204. The molecule has 5 heavy (non-hydrogen) atoms. The molecule has 0 aliphatic heterocycles. The smallest absolute Gasteiger partial charge is 0 e. The normalized spacial score (nSPS) is 0.800. The first-order chi connectivity index (χ1) is 1.00. The summed E-state index contributed by atoms with van der Waals surface area (Å²) in [5.74, 6) is 0. The third-order valence-corrected chi connectivity index (χ3v) is 0. The van der Waals surface area contributed by atoms with Crippen LogP contribution in [-0.4, -0.2) is 50.4 Å². The first kappa shape index (κ1) is 26.8. The van der Waals surface area contributed by atoms with E-state index in [0.717, 1.165) is 20.6 Å². The number of hydrogen-bond acceptors (Lipinski definition) is 1.